The molecule has 102 valence electrons. The van der Waals surface area contributed by atoms with Gasteiger partial charge in [-0.25, -0.2) is 0 Å². The second kappa shape index (κ2) is 6.44. The second-order valence-electron chi connectivity index (χ2n) is 5.63. The molecule has 1 saturated carbocycles. The van der Waals surface area contributed by atoms with Crippen LogP contribution in [0.4, 0.5) is 0 Å². The van der Waals surface area contributed by atoms with Crippen LogP contribution in [0, 0.1) is 5.41 Å². The maximum atomic E-state index is 4.61. The molecule has 1 aromatic heterocycles. The van der Waals surface area contributed by atoms with E-state index in [2.05, 4.69) is 48.2 Å². The summed E-state index contributed by atoms with van der Waals surface area (Å²) in [6.45, 7) is 6.97. The summed E-state index contributed by atoms with van der Waals surface area (Å²) in [5, 5.41) is 4.47. The van der Waals surface area contributed by atoms with Gasteiger partial charge in [0.15, 0.2) is 0 Å². The molecule has 0 radical (unpaired) electrons. The highest BCUT2D eigenvalue weighted by molar-refractivity contribution is 7.80. The van der Waals surface area contributed by atoms with Gasteiger partial charge in [0.05, 0.1) is 0 Å². The van der Waals surface area contributed by atoms with Crippen molar-refractivity contribution in [3.63, 3.8) is 0 Å². The minimum atomic E-state index is 0.404. The Kier molecular flexibility index (Phi) is 5.16. The lowest BCUT2D eigenvalue weighted by Crippen LogP contribution is -2.39. The molecule has 1 nitrogen and oxygen atoms in total. The third kappa shape index (κ3) is 3.52. The number of rotatable bonds is 8. The van der Waals surface area contributed by atoms with Gasteiger partial charge in [0, 0.05) is 19.1 Å². The molecule has 1 fully saturated rings. The molecule has 2 rings (SSSR count). The van der Waals surface area contributed by atoms with Crippen molar-refractivity contribution in [3.8, 4) is 0 Å². The molecule has 0 amide bonds. The van der Waals surface area contributed by atoms with Crippen molar-refractivity contribution in [1.82, 2.24) is 4.90 Å². The Morgan fingerprint density at radius 2 is 2.11 bits per heavy atom. The van der Waals surface area contributed by atoms with E-state index in [1.807, 2.05) is 11.3 Å². The largest absolute Gasteiger partial charge is 0.296 e. The highest BCUT2D eigenvalue weighted by atomic mass is 32.1. The maximum Gasteiger partial charge on any atom is 0.0245 e. The van der Waals surface area contributed by atoms with Gasteiger partial charge in [-0.1, -0.05) is 13.8 Å². The molecule has 1 aliphatic carbocycles. The summed E-state index contributed by atoms with van der Waals surface area (Å²) in [7, 11) is 0. The predicted molar refractivity (Wildman–Crippen MR) is 84.6 cm³/mol. The van der Waals surface area contributed by atoms with Gasteiger partial charge >= 0.3 is 0 Å². The van der Waals surface area contributed by atoms with Crippen molar-refractivity contribution in [1.29, 1.82) is 0 Å². The summed E-state index contributed by atoms with van der Waals surface area (Å²) >= 11 is 6.42. The molecule has 0 aromatic carbocycles. The van der Waals surface area contributed by atoms with Crippen LogP contribution in [0.25, 0.3) is 0 Å². The third-order valence-electron chi connectivity index (χ3n) is 4.40. The zero-order valence-electron chi connectivity index (χ0n) is 11.6. The molecule has 18 heavy (non-hydrogen) atoms. The van der Waals surface area contributed by atoms with Gasteiger partial charge in [-0.15, -0.1) is 0 Å². The number of hydrogen-bond donors (Lipinski definition) is 1. The first kappa shape index (κ1) is 14.4. The van der Waals surface area contributed by atoms with Gasteiger partial charge in [0.25, 0.3) is 0 Å². The summed E-state index contributed by atoms with van der Waals surface area (Å²) in [5.74, 6) is 1.01. The van der Waals surface area contributed by atoms with Crippen LogP contribution >= 0.6 is 24.0 Å². The van der Waals surface area contributed by atoms with Gasteiger partial charge in [0.1, 0.15) is 0 Å². The lowest BCUT2D eigenvalue weighted by atomic mass is 9.83. The van der Waals surface area contributed by atoms with Crippen LogP contribution in [0.2, 0.25) is 0 Å². The first-order valence-corrected chi connectivity index (χ1v) is 8.66. The van der Waals surface area contributed by atoms with Crippen LogP contribution in [0.5, 0.6) is 0 Å². The van der Waals surface area contributed by atoms with Crippen molar-refractivity contribution >= 4 is 24.0 Å². The van der Waals surface area contributed by atoms with E-state index in [0.717, 1.165) is 18.3 Å². The zero-order chi connectivity index (χ0) is 13.0. The lowest BCUT2D eigenvalue weighted by molar-refractivity contribution is 0.144. The van der Waals surface area contributed by atoms with Gasteiger partial charge in [-0.3, -0.25) is 4.90 Å². The van der Waals surface area contributed by atoms with Crippen LogP contribution < -0.4 is 0 Å². The first-order valence-electron chi connectivity index (χ1n) is 7.09. The minimum absolute atomic E-state index is 0.404. The Hall–Kier alpha value is 0.01000. The first-order chi connectivity index (χ1) is 8.73. The Balaban J connectivity index is 2.01. The van der Waals surface area contributed by atoms with E-state index in [0.29, 0.717) is 5.41 Å². The Morgan fingerprint density at radius 1 is 1.39 bits per heavy atom. The summed E-state index contributed by atoms with van der Waals surface area (Å²) < 4.78 is 0. The Bertz CT molecular complexity index is 331. The van der Waals surface area contributed by atoms with Crippen molar-refractivity contribution < 1.29 is 0 Å². The summed E-state index contributed by atoms with van der Waals surface area (Å²) in [6.07, 6.45) is 5.25. The van der Waals surface area contributed by atoms with E-state index >= 15 is 0 Å². The van der Waals surface area contributed by atoms with Gasteiger partial charge < -0.3 is 0 Å². The Morgan fingerprint density at radius 3 is 2.56 bits per heavy atom. The monoisotopic (exact) mass is 283 g/mol. The van der Waals surface area contributed by atoms with Crippen LogP contribution in [0.3, 0.4) is 0 Å². The van der Waals surface area contributed by atoms with E-state index in [1.165, 1.54) is 37.8 Å². The molecule has 0 bridgehead atoms. The van der Waals surface area contributed by atoms with E-state index in [-0.39, 0.29) is 0 Å². The topological polar surface area (TPSA) is 3.24 Å². The number of thiol groups is 1. The smallest absolute Gasteiger partial charge is 0.0245 e. The molecule has 0 spiro atoms. The lowest BCUT2D eigenvalue weighted by Gasteiger charge is -2.36. The minimum Gasteiger partial charge on any atom is -0.296 e. The standard InChI is InChI=1S/C15H25NS2/c1-3-15(4-2,12-17)11-16(14-5-6-14)9-13-7-8-18-10-13/h7-8,10,14,17H,3-6,9,11-12H2,1-2H3. The molecule has 1 aromatic rings. The van der Waals surface area contributed by atoms with Crippen molar-refractivity contribution in [2.45, 2.75) is 52.1 Å². The third-order valence-corrected chi connectivity index (χ3v) is 5.81. The molecule has 0 unspecified atom stereocenters. The SMILES string of the molecule is CCC(CC)(CS)CN(Cc1ccsc1)C1CC1. The average molecular weight is 284 g/mol. The molecule has 3 heteroatoms. The molecule has 1 heterocycles. The Labute approximate surface area is 121 Å². The molecule has 0 atom stereocenters. The molecule has 0 N–H and O–H groups in total. The van der Waals surface area contributed by atoms with E-state index in [9.17, 15) is 0 Å². The van der Waals surface area contributed by atoms with E-state index < -0.39 is 0 Å². The summed E-state index contributed by atoms with van der Waals surface area (Å²) in [6, 6.07) is 3.10. The molecular formula is C15H25NS2. The summed E-state index contributed by atoms with van der Waals surface area (Å²) in [5.41, 5.74) is 1.88. The summed E-state index contributed by atoms with van der Waals surface area (Å²) in [4.78, 5) is 2.70. The highest BCUT2D eigenvalue weighted by Gasteiger charge is 2.35. The molecular weight excluding hydrogens is 258 g/mol. The van der Waals surface area contributed by atoms with E-state index in [1.54, 1.807) is 0 Å². The zero-order valence-corrected chi connectivity index (χ0v) is 13.3. The maximum absolute atomic E-state index is 4.61. The van der Waals surface area contributed by atoms with Crippen LogP contribution in [-0.4, -0.2) is 23.2 Å². The second-order valence-corrected chi connectivity index (χ2v) is 6.73. The quantitative estimate of drug-likeness (QED) is 0.690. The predicted octanol–water partition coefficient (Wildman–Crippen LogP) is 4.45. The van der Waals surface area contributed by atoms with Crippen LogP contribution in [0.1, 0.15) is 45.1 Å². The fourth-order valence-electron chi connectivity index (χ4n) is 2.55. The number of thiophene rings is 1. The molecule has 0 aliphatic heterocycles. The van der Waals surface area contributed by atoms with E-state index in [4.69, 9.17) is 0 Å². The molecule has 0 saturated heterocycles. The van der Waals surface area contributed by atoms with Crippen LogP contribution in [-0.2, 0) is 6.54 Å². The number of nitrogens with zero attached hydrogens (tertiary/aromatic N) is 1. The van der Waals surface area contributed by atoms with Crippen molar-refractivity contribution in [2.24, 2.45) is 5.41 Å². The van der Waals surface area contributed by atoms with Gasteiger partial charge in [0.2, 0.25) is 0 Å². The fraction of sp³-hybridized carbons (Fsp3) is 0.733. The normalized spacial score (nSPS) is 16.4. The molecule has 1 aliphatic rings. The fourth-order valence-corrected chi connectivity index (χ4v) is 3.76. The highest BCUT2D eigenvalue weighted by Crippen LogP contribution is 2.35. The van der Waals surface area contributed by atoms with Crippen molar-refractivity contribution in [3.05, 3.63) is 22.4 Å². The van der Waals surface area contributed by atoms with Crippen molar-refractivity contribution in [2.75, 3.05) is 12.3 Å². The average Bonchev–Trinajstić information content (AvgIpc) is 3.13. The number of hydrogen-bond acceptors (Lipinski definition) is 3. The van der Waals surface area contributed by atoms with Gasteiger partial charge in [-0.05, 0) is 59.2 Å². The van der Waals surface area contributed by atoms with Gasteiger partial charge in [-0.2, -0.15) is 24.0 Å². The van der Waals surface area contributed by atoms with Crippen LogP contribution in [0.15, 0.2) is 16.8 Å².